The smallest absolute Gasteiger partial charge is 0.273 e. The summed E-state index contributed by atoms with van der Waals surface area (Å²) < 4.78 is 11.2. The Hall–Kier alpha value is -3.09. The van der Waals surface area contributed by atoms with Gasteiger partial charge in [0, 0.05) is 17.2 Å². The molecular formula is C20H24N2O5. The van der Waals surface area contributed by atoms with Crippen LogP contribution in [0.1, 0.15) is 48.3 Å². The molecule has 0 saturated carbocycles. The first-order chi connectivity index (χ1) is 12.9. The maximum absolute atomic E-state index is 12.5. The molecule has 27 heavy (non-hydrogen) atoms. The summed E-state index contributed by atoms with van der Waals surface area (Å²) in [6, 6.07) is 9.63. The summed E-state index contributed by atoms with van der Waals surface area (Å²) in [5, 5.41) is 13.9. The average Bonchev–Trinajstić information content (AvgIpc) is 2.63. The number of nitrogens with one attached hydrogen (secondary N) is 1. The zero-order valence-corrected chi connectivity index (χ0v) is 15.9. The maximum Gasteiger partial charge on any atom is 0.273 e. The number of hydrogen-bond acceptors (Lipinski definition) is 5. The molecule has 0 spiro atoms. The number of rotatable bonds is 8. The molecule has 0 heterocycles. The lowest BCUT2D eigenvalue weighted by Gasteiger charge is -2.17. The number of aryl methyl sites for hydroxylation is 1. The van der Waals surface area contributed by atoms with Gasteiger partial charge in [0.25, 0.3) is 11.6 Å². The molecular weight excluding hydrogens is 348 g/mol. The maximum atomic E-state index is 12.5. The Labute approximate surface area is 158 Å². The van der Waals surface area contributed by atoms with Crippen LogP contribution in [0.2, 0.25) is 0 Å². The van der Waals surface area contributed by atoms with Gasteiger partial charge in [-0.3, -0.25) is 14.9 Å². The van der Waals surface area contributed by atoms with Crippen molar-refractivity contribution in [3.8, 4) is 11.5 Å². The molecule has 0 aromatic heterocycles. The minimum atomic E-state index is -0.490. The van der Waals surface area contributed by atoms with Crippen LogP contribution in [-0.4, -0.2) is 24.0 Å². The molecule has 7 heteroatoms. The van der Waals surface area contributed by atoms with Gasteiger partial charge >= 0.3 is 0 Å². The zero-order chi connectivity index (χ0) is 20.0. The van der Waals surface area contributed by atoms with Gasteiger partial charge in [0.05, 0.1) is 24.2 Å². The topological polar surface area (TPSA) is 90.7 Å². The summed E-state index contributed by atoms with van der Waals surface area (Å²) in [6.07, 6.45) is 0. The Balaban J connectivity index is 2.20. The molecule has 0 aliphatic carbocycles. The van der Waals surface area contributed by atoms with E-state index in [9.17, 15) is 14.9 Å². The van der Waals surface area contributed by atoms with Crippen LogP contribution in [0.4, 0.5) is 5.69 Å². The first-order valence-electron chi connectivity index (χ1n) is 8.82. The monoisotopic (exact) mass is 372 g/mol. The van der Waals surface area contributed by atoms with Crippen molar-refractivity contribution in [3.63, 3.8) is 0 Å². The van der Waals surface area contributed by atoms with Gasteiger partial charge in [-0.2, -0.15) is 0 Å². The number of ether oxygens (including phenoxy) is 2. The molecule has 1 N–H and O–H groups in total. The van der Waals surface area contributed by atoms with E-state index in [-0.39, 0.29) is 23.2 Å². The number of nitro groups is 1. The second kappa shape index (κ2) is 9.02. The third-order valence-corrected chi connectivity index (χ3v) is 4.08. The van der Waals surface area contributed by atoms with Crippen LogP contribution in [0.5, 0.6) is 11.5 Å². The summed E-state index contributed by atoms with van der Waals surface area (Å²) in [5.41, 5.74) is 1.53. The third-order valence-electron chi connectivity index (χ3n) is 4.08. The first-order valence-corrected chi connectivity index (χ1v) is 8.82. The summed E-state index contributed by atoms with van der Waals surface area (Å²) >= 11 is 0. The van der Waals surface area contributed by atoms with Gasteiger partial charge in [0.15, 0.2) is 11.5 Å². The lowest BCUT2D eigenvalue weighted by Crippen LogP contribution is -2.26. The molecule has 0 aliphatic heterocycles. The normalized spacial score (nSPS) is 11.6. The third kappa shape index (κ3) is 4.97. The summed E-state index contributed by atoms with van der Waals surface area (Å²) in [7, 11) is 0. The van der Waals surface area contributed by atoms with Crippen molar-refractivity contribution in [2.45, 2.75) is 33.7 Å². The lowest BCUT2D eigenvalue weighted by molar-refractivity contribution is -0.385. The molecule has 1 atom stereocenters. The molecule has 0 aliphatic rings. The molecule has 2 aromatic rings. The van der Waals surface area contributed by atoms with E-state index in [0.717, 1.165) is 5.56 Å². The molecule has 1 amide bonds. The van der Waals surface area contributed by atoms with Gasteiger partial charge in [-0.1, -0.05) is 12.1 Å². The Morgan fingerprint density at radius 1 is 1.11 bits per heavy atom. The molecule has 0 fully saturated rings. The lowest BCUT2D eigenvalue weighted by atomic mass is 10.1. The minimum absolute atomic E-state index is 0.0741. The van der Waals surface area contributed by atoms with E-state index < -0.39 is 4.92 Å². The average molecular weight is 372 g/mol. The van der Waals surface area contributed by atoms with Crippen LogP contribution >= 0.6 is 0 Å². The fraction of sp³-hybridized carbons (Fsp3) is 0.350. The highest BCUT2D eigenvalue weighted by molar-refractivity contribution is 5.95. The van der Waals surface area contributed by atoms with Crippen molar-refractivity contribution in [3.05, 3.63) is 63.2 Å². The van der Waals surface area contributed by atoms with E-state index in [1.165, 1.54) is 6.07 Å². The van der Waals surface area contributed by atoms with Crippen molar-refractivity contribution >= 4 is 11.6 Å². The number of nitrogens with zero attached hydrogens (tertiary/aromatic N) is 1. The molecule has 144 valence electrons. The Bertz CT molecular complexity index is 835. The predicted octanol–water partition coefficient (Wildman–Crippen LogP) is 4.19. The van der Waals surface area contributed by atoms with Crippen LogP contribution in [-0.2, 0) is 0 Å². The van der Waals surface area contributed by atoms with E-state index in [1.807, 2.05) is 39.0 Å². The van der Waals surface area contributed by atoms with Crippen molar-refractivity contribution < 1.29 is 19.2 Å². The van der Waals surface area contributed by atoms with Crippen LogP contribution < -0.4 is 14.8 Å². The quantitative estimate of drug-likeness (QED) is 0.554. The summed E-state index contributed by atoms with van der Waals surface area (Å²) in [6.45, 7) is 8.28. The van der Waals surface area contributed by atoms with Crippen molar-refractivity contribution in [2.75, 3.05) is 13.2 Å². The van der Waals surface area contributed by atoms with Gasteiger partial charge < -0.3 is 14.8 Å². The highest BCUT2D eigenvalue weighted by Gasteiger charge is 2.18. The van der Waals surface area contributed by atoms with E-state index in [1.54, 1.807) is 19.1 Å². The number of carbonyl (C=O) groups excluding carboxylic acids is 1. The molecule has 2 aromatic carbocycles. The second-order valence-corrected chi connectivity index (χ2v) is 6.03. The fourth-order valence-corrected chi connectivity index (χ4v) is 2.65. The summed E-state index contributed by atoms with van der Waals surface area (Å²) in [5.74, 6) is 0.886. The fourth-order valence-electron chi connectivity index (χ4n) is 2.65. The minimum Gasteiger partial charge on any atom is -0.490 e. The molecule has 2 rings (SSSR count). The van der Waals surface area contributed by atoms with E-state index in [4.69, 9.17) is 9.47 Å². The molecule has 7 nitrogen and oxygen atoms in total. The Morgan fingerprint density at radius 2 is 1.78 bits per heavy atom. The van der Waals surface area contributed by atoms with Crippen molar-refractivity contribution in [1.82, 2.24) is 5.32 Å². The van der Waals surface area contributed by atoms with Gasteiger partial charge in [0.1, 0.15) is 0 Å². The van der Waals surface area contributed by atoms with Crippen LogP contribution in [0, 0.1) is 17.0 Å². The Morgan fingerprint density at radius 3 is 2.41 bits per heavy atom. The second-order valence-electron chi connectivity index (χ2n) is 6.03. The highest BCUT2D eigenvalue weighted by atomic mass is 16.6. The SMILES string of the molecule is CCOc1ccc([C@@H](C)NC(=O)c2ccc(C)c([N+](=O)[O-])c2)cc1OCC. The van der Waals surface area contributed by atoms with Crippen LogP contribution in [0.25, 0.3) is 0 Å². The molecule has 0 unspecified atom stereocenters. The first kappa shape index (κ1) is 20.2. The van der Waals surface area contributed by atoms with Gasteiger partial charge in [-0.25, -0.2) is 0 Å². The number of nitro benzene ring substituents is 1. The summed E-state index contributed by atoms with van der Waals surface area (Å²) in [4.78, 5) is 23.1. The molecule has 0 saturated heterocycles. The largest absolute Gasteiger partial charge is 0.490 e. The Kier molecular flexibility index (Phi) is 6.76. The van der Waals surface area contributed by atoms with Crippen molar-refractivity contribution in [2.24, 2.45) is 0 Å². The van der Waals surface area contributed by atoms with E-state index >= 15 is 0 Å². The van der Waals surface area contributed by atoms with Gasteiger partial charge in [-0.05, 0) is 51.5 Å². The number of benzene rings is 2. The molecule has 0 bridgehead atoms. The van der Waals surface area contributed by atoms with E-state index in [0.29, 0.717) is 30.3 Å². The molecule has 0 radical (unpaired) electrons. The number of hydrogen-bond donors (Lipinski definition) is 1. The number of carbonyl (C=O) groups is 1. The zero-order valence-electron chi connectivity index (χ0n) is 15.9. The van der Waals surface area contributed by atoms with Crippen LogP contribution in [0.3, 0.4) is 0 Å². The van der Waals surface area contributed by atoms with Crippen LogP contribution in [0.15, 0.2) is 36.4 Å². The van der Waals surface area contributed by atoms with Gasteiger partial charge in [-0.15, -0.1) is 0 Å². The number of amides is 1. The standard InChI is InChI=1S/C20H24N2O5/c1-5-26-18-10-9-15(12-19(18)27-6-2)14(4)21-20(23)16-8-7-13(3)17(11-16)22(24)25/h7-12,14H,5-6H2,1-4H3,(H,21,23)/t14-/m1/s1. The predicted molar refractivity (Wildman–Crippen MR) is 102 cm³/mol. The van der Waals surface area contributed by atoms with E-state index in [2.05, 4.69) is 5.32 Å². The highest BCUT2D eigenvalue weighted by Crippen LogP contribution is 2.31. The van der Waals surface area contributed by atoms with Crippen molar-refractivity contribution in [1.29, 1.82) is 0 Å². The van der Waals surface area contributed by atoms with Gasteiger partial charge in [0.2, 0.25) is 0 Å².